The van der Waals surface area contributed by atoms with E-state index >= 15 is 0 Å². The molecule has 0 aliphatic heterocycles. The Morgan fingerprint density at radius 2 is 2.39 bits per heavy atom. The molecule has 0 unspecified atom stereocenters. The number of nitrogens with zero attached hydrogens (tertiary/aromatic N) is 3. The number of hydrogen-bond acceptors (Lipinski definition) is 4. The van der Waals surface area contributed by atoms with Crippen LogP contribution in [0.4, 0.5) is 0 Å². The summed E-state index contributed by atoms with van der Waals surface area (Å²) in [5, 5.41) is 0.553. The SMILES string of the molecule is CSCC[C@H](N)C(=O)N(C)Cc1ncc(Cl)n1C. The molecule has 18 heavy (non-hydrogen) atoms. The minimum Gasteiger partial charge on any atom is -0.337 e. The summed E-state index contributed by atoms with van der Waals surface area (Å²) in [5.74, 6) is 1.56. The van der Waals surface area contributed by atoms with Crippen molar-refractivity contribution in [2.45, 2.75) is 19.0 Å². The van der Waals surface area contributed by atoms with E-state index < -0.39 is 6.04 Å². The molecule has 1 rings (SSSR count). The predicted molar refractivity (Wildman–Crippen MR) is 75.7 cm³/mol. The first-order valence-corrected chi connectivity index (χ1v) is 7.40. The van der Waals surface area contributed by atoms with Gasteiger partial charge in [0.15, 0.2) is 0 Å². The summed E-state index contributed by atoms with van der Waals surface area (Å²) >= 11 is 7.58. The van der Waals surface area contributed by atoms with E-state index in [1.807, 2.05) is 13.3 Å². The first kappa shape index (κ1) is 15.3. The molecule has 0 aliphatic rings. The molecule has 1 aromatic rings. The second kappa shape index (κ2) is 7.01. The second-order valence-corrected chi connectivity index (χ2v) is 5.51. The fraction of sp³-hybridized carbons (Fsp3) is 0.636. The average Bonchev–Trinajstić information content (AvgIpc) is 2.66. The van der Waals surface area contributed by atoms with E-state index in [2.05, 4.69) is 4.98 Å². The highest BCUT2D eigenvalue weighted by atomic mass is 35.5. The number of thioether (sulfide) groups is 1. The molecule has 0 spiro atoms. The normalized spacial score (nSPS) is 12.5. The van der Waals surface area contributed by atoms with E-state index in [0.717, 1.165) is 11.6 Å². The molecule has 0 aliphatic carbocycles. The zero-order valence-corrected chi connectivity index (χ0v) is 12.5. The van der Waals surface area contributed by atoms with Crippen molar-refractivity contribution in [1.82, 2.24) is 14.5 Å². The number of aromatic nitrogens is 2. The van der Waals surface area contributed by atoms with Crippen molar-refractivity contribution in [1.29, 1.82) is 0 Å². The van der Waals surface area contributed by atoms with Crippen LogP contribution in [-0.4, -0.2) is 45.5 Å². The van der Waals surface area contributed by atoms with Crippen LogP contribution in [0.1, 0.15) is 12.2 Å². The molecular weight excluding hydrogens is 272 g/mol. The molecule has 0 saturated carbocycles. The van der Waals surface area contributed by atoms with Gasteiger partial charge in [0.05, 0.1) is 18.8 Å². The number of amides is 1. The van der Waals surface area contributed by atoms with Crippen LogP contribution in [0.3, 0.4) is 0 Å². The lowest BCUT2D eigenvalue weighted by molar-refractivity contribution is -0.131. The van der Waals surface area contributed by atoms with E-state index in [-0.39, 0.29) is 5.91 Å². The molecule has 0 bridgehead atoms. The highest BCUT2D eigenvalue weighted by molar-refractivity contribution is 7.98. The van der Waals surface area contributed by atoms with E-state index in [0.29, 0.717) is 18.1 Å². The van der Waals surface area contributed by atoms with Crippen molar-refractivity contribution in [3.63, 3.8) is 0 Å². The highest BCUT2D eigenvalue weighted by Gasteiger charge is 2.19. The van der Waals surface area contributed by atoms with Crippen molar-refractivity contribution < 1.29 is 4.79 Å². The van der Waals surface area contributed by atoms with Gasteiger partial charge in [-0.3, -0.25) is 4.79 Å². The molecule has 0 radical (unpaired) electrons. The summed E-state index contributed by atoms with van der Waals surface area (Å²) in [7, 11) is 3.54. The molecule has 7 heteroatoms. The summed E-state index contributed by atoms with van der Waals surface area (Å²) in [6.07, 6.45) is 4.26. The van der Waals surface area contributed by atoms with E-state index in [9.17, 15) is 4.79 Å². The molecule has 0 saturated heterocycles. The fourth-order valence-corrected chi connectivity index (χ4v) is 2.15. The van der Waals surface area contributed by atoms with Crippen molar-refractivity contribution in [3.05, 3.63) is 17.2 Å². The largest absolute Gasteiger partial charge is 0.337 e. The quantitative estimate of drug-likeness (QED) is 0.852. The molecule has 1 heterocycles. The number of likely N-dealkylation sites (N-methyl/N-ethyl adjacent to an activating group) is 1. The maximum Gasteiger partial charge on any atom is 0.239 e. The van der Waals surface area contributed by atoms with Gasteiger partial charge >= 0.3 is 0 Å². The monoisotopic (exact) mass is 290 g/mol. The number of hydrogen-bond donors (Lipinski definition) is 1. The lowest BCUT2D eigenvalue weighted by Crippen LogP contribution is -2.42. The third-order valence-electron chi connectivity index (χ3n) is 2.73. The van der Waals surface area contributed by atoms with Crippen LogP contribution in [-0.2, 0) is 18.4 Å². The topological polar surface area (TPSA) is 64.2 Å². The second-order valence-electron chi connectivity index (χ2n) is 4.14. The Morgan fingerprint density at radius 3 is 2.89 bits per heavy atom. The Bertz CT molecular complexity index is 410. The van der Waals surface area contributed by atoms with Gasteiger partial charge in [-0.15, -0.1) is 0 Å². The van der Waals surface area contributed by atoms with Crippen molar-refractivity contribution in [2.75, 3.05) is 19.1 Å². The molecule has 1 amide bonds. The first-order chi connectivity index (χ1) is 8.47. The molecular formula is C11H19ClN4OS. The van der Waals surface area contributed by atoms with Gasteiger partial charge in [-0.1, -0.05) is 11.6 Å². The maximum atomic E-state index is 12.0. The van der Waals surface area contributed by atoms with Crippen LogP contribution in [0.2, 0.25) is 5.15 Å². The lowest BCUT2D eigenvalue weighted by atomic mass is 10.2. The standard InChI is InChI=1S/C11H19ClN4OS/c1-15(11(17)8(13)4-5-18-3)7-10-14-6-9(12)16(10)2/h6,8H,4-5,7,13H2,1-3H3/t8-/m0/s1. The van der Waals surface area contributed by atoms with Gasteiger partial charge in [-0.2, -0.15) is 11.8 Å². The third kappa shape index (κ3) is 3.90. The Labute approximate surface area is 117 Å². The Kier molecular flexibility index (Phi) is 5.98. The predicted octanol–water partition coefficient (Wildman–Crippen LogP) is 1.11. The van der Waals surface area contributed by atoms with Crippen LogP contribution >= 0.6 is 23.4 Å². The molecule has 102 valence electrons. The van der Waals surface area contributed by atoms with Gasteiger partial charge < -0.3 is 15.2 Å². The number of rotatable bonds is 6. The van der Waals surface area contributed by atoms with Crippen molar-refractivity contribution in [2.24, 2.45) is 12.8 Å². The Morgan fingerprint density at radius 1 is 1.72 bits per heavy atom. The molecule has 5 nitrogen and oxygen atoms in total. The molecule has 2 N–H and O–H groups in total. The van der Waals surface area contributed by atoms with Crippen LogP contribution in [0.5, 0.6) is 0 Å². The van der Waals surface area contributed by atoms with Gasteiger partial charge in [0.2, 0.25) is 5.91 Å². The fourth-order valence-electron chi connectivity index (χ4n) is 1.51. The van der Waals surface area contributed by atoms with Gasteiger partial charge in [0.1, 0.15) is 11.0 Å². The molecule has 0 fully saturated rings. The summed E-state index contributed by atoms with van der Waals surface area (Å²) in [4.78, 5) is 17.7. The lowest BCUT2D eigenvalue weighted by Gasteiger charge is -2.20. The number of nitrogens with two attached hydrogens (primary N) is 1. The van der Waals surface area contributed by atoms with Gasteiger partial charge in [0, 0.05) is 14.1 Å². The minimum absolute atomic E-state index is 0.0665. The summed E-state index contributed by atoms with van der Waals surface area (Å²) in [6.45, 7) is 0.412. The van der Waals surface area contributed by atoms with Crippen LogP contribution < -0.4 is 5.73 Å². The van der Waals surface area contributed by atoms with Gasteiger partial charge in [-0.05, 0) is 18.4 Å². The summed E-state index contributed by atoms with van der Waals surface area (Å²) in [5.41, 5.74) is 5.84. The van der Waals surface area contributed by atoms with Crippen LogP contribution in [0, 0.1) is 0 Å². The molecule has 1 atom stereocenters. The van der Waals surface area contributed by atoms with E-state index in [4.69, 9.17) is 17.3 Å². The van der Waals surface area contributed by atoms with Gasteiger partial charge in [0.25, 0.3) is 0 Å². The van der Waals surface area contributed by atoms with Gasteiger partial charge in [-0.25, -0.2) is 4.98 Å². The van der Waals surface area contributed by atoms with Crippen LogP contribution in [0.25, 0.3) is 0 Å². The van der Waals surface area contributed by atoms with Crippen molar-refractivity contribution >= 4 is 29.3 Å². The first-order valence-electron chi connectivity index (χ1n) is 5.63. The van der Waals surface area contributed by atoms with Crippen molar-refractivity contribution in [3.8, 4) is 0 Å². The van der Waals surface area contributed by atoms with E-state index in [1.165, 1.54) is 0 Å². The molecule has 0 aromatic carbocycles. The maximum absolute atomic E-state index is 12.0. The zero-order chi connectivity index (χ0) is 13.7. The van der Waals surface area contributed by atoms with Crippen LogP contribution in [0.15, 0.2) is 6.20 Å². The number of halogens is 1. The number of carbonyl (C=O) groups is 1. The number of imidazole rings is 1. The smallest absolute Gasteiger partial charge is 0.239 e. The molecule has 1 aromatic heterocycles. The van der Waals surface area contributed by atoms with E-state index in [1.54, 1.807) is 34.5 Å². The number of carbonyl (C=O) groups excluding carboxylic acids is 1. The average molecular weight is 291 g/mol. The third-order valence-corrected chi connectivity index (χ3v) is 3.73. The minimum atomic E-state index is -0.446. The summed E-state index contributed by atoms with van der Waals surface area (Å²) < 4.78 is 1.75. The summed E-state index contributed by atoms with van der Waals surface area (Å²) in [6, 6.07) is -0.446. The highest BCUT2D eigenvalue weighted by Crippen LogP contribution is 2.11. The Hall–Kier alpha value is -0.720. The Balaban J connectivity index is 2.57. The zero-order valence-electron chi connectivity index (χ0n) is 10.9.